The van der Waals surface area contributed by atoms with Crippen molar-refractivity contribution in [1.29, 1.82) is 0 Å². The average Bonchev–Trinajstić information content (AvgIpc) is 2.09. The van der Waals surface area contributed by atoms with E-state index in [4.69, 9.17) is 11.6 Å². The van der Waals surface area contributed by atoms with Crippen LogP contribution < -0.4 is 0 Å². The van der Waals surface area contributed by atoms with Gasteiger partial charge in [0.15, 0.2) is 0 Å². The molecule has 0 bridgehead atoms. The minimum absolute atomic E-state index is 0.227. The van der Waals surface area contributed by atoms with Gasteiger partial charge in [-0.2, -0.15) is 13.2 Å². The molecular formula is C9H5BrClF3O. The van der Waals surface area contributed by atoms with E-state index in [1.54, 1.807) is 0 Å². The van der Waals surface area contributed by atoms with E-state index in [9.17, 15) is 18.0 Å². The van der Waals surface area contributed by atoms with Crippen LogP contribution in [0.15, 0.2) is 22.7 Å². The molecule has 0 aliphatic rings. The van der Waals surface area contributed by atoms with Crippen LogP contribution in [0.4, 0.5) is 13.2 Å². The van der Waals surface area contributed by atoms with Gasteiger partial charge < -0.3 is 0 Å². The van der Waals surface area contributed by atoms with Gasteiger partial charge in [0.25, 0.3) is 0 Å². The molecule has 0 spiro atoms. The van der Waals surface area contributed by atoms with Crippen molar-refractivity contribution >= 4 is 33.3 Å². The van der Waals surface area contributed by atoms with E-state index >= 15 is 0 Å². The van der Waals surface area contributed by atoms with Crippen molar-refractivity contribution in [1.82, 2.24) is 0 Å². The van der Waals surface area contributed by atoms with E-state index in [2.05, 4.69) is 15.9 Å². The molecule has 0 fully saturated rings. The molecular weight excluding hydrogens is 296 g/mol. The van der Waals surface area contributed by atoms with Crippen molar-refractivity contribution in [3.63, 3.8) is 0 Å². The standard InChI is InChI=1S/C9H5BrClF3O/c10-7-2-1-6(11)3-5(7)4-8(15)9(12,13)14/h1-3H,4H2. The van der Waals surface area contributed by atoms with Crippen molar-refractivity contribution in [2.24, 2.45) is 0 Å². The Kier molecular flexibility index (Phi) is 3.78. The van der Waals surface area contributed by atoms with Crippen LogP contribution >= 0.6 is 27.5 Å². The Labute approximate surface area is 97.4 Å². The summed E-state index contributed by atoms with van der Waals surface area (Å²) in [4.78, 5) is 10.7. The number of rotatable bonds is 2. The molecule has 6 heteroatoms. The first-order valence-corrected chi connectivity index (χ1v) is 5.02. The Bertz CT molecular complexity index is 389. The van der Waals surface area contributed by atoms with Crippen LogP contribution in [0.3, 0.4) is 0 Å². The van der Waals surface area contributed by atoms with Crippen LogP contribution in [0, 0.1) is 0 Å². The van der Waals surface area contributed by atoms with Gasteiger partial charge in [0.2, 0.25) is 5.78 Å². The average molecular weight is 301 g/mol. The molecule has 1 rings (SSSR count). The first-order chi connectivity index (χ1) is 6.80. The molecule has 0 unspecified atom stereocenters. The minimum atomic E-state index is -4.80. The zero-order valence-electron chi connectivity index (χ0n) is 7.24. The lowest BCUT2D eigenvalue weighted by Gasteiger charge is -2.07. The van der Waals surface area contributed by atoms with Gasteiger partial charge >= 0.3 is 6.18 Å². The molecule has 1 aromatic carbocycles. The van der Waals surface area contributed by atoms with Crippen molar-refractivity contribution in [2.75, 3.05) is 0 Å². The van der Waals surface area contributed by atoms with E-state index in [0.29, 0.717) is 9.50 Å². The molecule has 0 amide bonds. The molecule has 15 heavy (non-hydrogen) atoms. The van der Waals surface area contributed by atoms with Gasteiger partial charge in [0.1, 0.15) is 0 Å². The van der Waals surface area contributed by atoms with E-state index in [1.807, 2.05) is 0 Å². The molecule has 0 radical (unpaired) electrons. The van der Waals surface area contributed by atoms with Crippen molar-refractivity contribution in [2.45, 2.75) is 12.6 Å². The van der Waals surface area contributed by atoms with Gasteiger partial charge in [-0.05, 0) is 23.8 Å². The first-order valence-electron chi connectivity index (χ1n) is 3.84. The van der Waals surface area contributed by atoms with E-state index in [1.165, 1.54) is 18.2 Å². The van der Waals surface area contributed by atoms with Gasteiger partial charge in [-0.1, -0.05) is 27.5 Å². The molecule has 82 valence electrons. The topological polar surface area (TPSA) is 17.1 Å². The van der Waals surface area contributed by atoms with E-state index in [0.717, 1.165) is 0 Å². The predicted octanol–water partition coefficient (Wildman–Crippen LogP) is 3.78. The quantitative estimate of drug-likeness (QED) is 0.812. The molecule has 0 aliphatic carbocycles. The zero-order valence-corrected chi connectivity index (χ0v) is 9.58. The lowest BCUT2D eigenvalue weighted by atomic mass is 10.1. The van der Waals surface area contributed by atoms with Crippen molar-refractivity contribution in [3.05, 3.63) is 33.3 Å². The Morgan fingerprint density at radius 2 is 2.00 bits per heavy atom. The fourth-order valence-corrected chi connectivity index (χ4v) is 1.53. The largest absolute Gasteiger partial charge is 0.450 e. The van der Waals surface area contributed by atoms with Crippen molar-refractivity contribution < 1.29 is 18.0 Å². The van der Waals surface area contributed by atoms with Gasteiger partial charge in [-0.3, -0.25) is 4.79 Å². The monoisotopic (exact) mass is 300 g/mol. The third-order valence-corrected chi connectivity index (χ3v) is 2.68. The summed E-state index contributed by atoms with van der Waals surface area (Å²) >= 11 is 8.65. The number of alkyl halides is 3. The second kappa shape index (κ2) is 4.53. The normalized spacial score (nSPS) is 11.5. The highest BCUT2D eigenvalue weighted by atomic mass is 79.9. The summed E-state index contributed by atoms with van der Waals surface area (Å²) in [5, 5.41) is 0.295. The lowest BCUT2D eigenvalue weighted by molar-refractivity contribution is -0.170. The maximum absolute atomic E-state index is 12.0. The van der Waals surface area contributed by atoms with Crippen molar-refractivity contribution in [3.8, 4) is 0 Å². The smallest absolute Gasteiger partial charge is 0.289 e. The number of carbonyl (C=O) groups excluding carboxylic acids is 1. The molecule has 0 atom stereocenters. The Hall–Kier alpha value is -0.550. The summed E-state index contributed by atoms with van der Waals surface area (Å²) in [5.74, 6) is -1.79. The molecule has 1 nitrogen and oxygen atoms in total. The molecule has 1 aromatic rings. The van der Waals surface area contributed by atoms with Crippen LogP contribution in [0.25, 0.3) is 0 Å². The summed E-state index contributed by atoms with van der Waals surface area (Å²) in [6.45, 7) is 0. The number of Topliss-reactive ketones (excluding diaryl/α,β-unsaturated/α-hetero) is 1. The van der Waals surface area contributed by atoms with Gasteiger partial charge in [0, 0.05) is 15.9 Å². The number of benzene rings is 1. The SMILES string of the molecule is O=C(Cc1cc(Cl)ccc1Br)C(F)(F)F. The maximum atomic E-state index is 12.0. The van der Waals surface area contributed by atoms with Crippen LogP contribution in [-0.4, -0.2) is 12.0 Å². The van der Waals surface area contributed by atoms with E-state index in [-0.39, 0.29) is 5.56 Å². The number of ketones is 1. The summed E-state index contributed by atoms with van der Waals surface area (Å²) in [5.41, 5.74) is 0.227. The fourth-order valence-electron chi connectivity index (χ4n) is 0.952. The molecule has 0 saturated carbocycles. The summed E-state index contributed by atoms with van der Waals surface area (Å²) < 4.78 is 36.3. The molecule has 0 N–H and O–H groups in total. The molecule has 0 aromatic heterocycles. The maximum Gasteiger partial charge on any atom is 0.450 e. The summed E-state index contributed by atoms with van der Waals surface area (Å²) in [6, 6.07) is 4.35. The Balaban J connectivity index is 2.90. The second-order valence-corrected chi connectivity index (χ2v) is 4.12. The number of hydrogen-bond acceptors (Lipinski definition) is 1. The van der Waals surface area contributed by atoms with Crippen LogP contribution in [0.1, 0.15) is 5.56 Å². The highest BCUT2D eigenvalue weighted by Crippen LogP contribution is 2.25. The third kappa shape index (κ3) is 3.50. The Morgan fingerprint density at radius 3 is 2.53 bits per heavy atom. The highest BCUT2D eigenvalue weighted by molar-refractivity contribution is 9.10. The Morgan fingerprint density at radius 1 is 1.40 bits per heavy atom. The summed E-state index contributed by atoms with van der Waals surface area (Å²) in [7, 11) is 0. The van der Waals surface area contributed by atoms with E-state index < -0.39 is 18.4 Å². The predicted molar refractivity (Wildman–Crippen MR) is 53.9 cm³/mol. The fraction of sp³-hybridized carbons (Fsp3) is 0.222. The van der Waals surface area contributed by atoms with Crippen LogP contribution in [0.5, 0.6) is 0 Å². The van der Waals surface area contributed by atoms with Gasteiger partial charge in [-0.15, -0.1) is 0 Å². The van der Waals surface area contributed by atoms with Crippen LogP contribution in [-0.2, 0) is 11.2 Å². The molecule has 0 heterocycles. The molecule has 0 saturated heterocycles. The molecule has 0 aliphatic heterocycles. The summed E-state index contributed by atoms with van der Waals surface area (Å²) in [6.07, 6.45) is -5.51. The second-order valence-electron chi connectivity index (χ2n) is 2.83. The first kappa shape index (κ1) is 12.5. The highest BCUT2D eigenvalue weighted by Gasteiger charge is 2.37. The van der Waals surface area contributed by atoms with Crippen LogP contribution in [0.2, 0.25) is 5.02 Å². The number of carbonyl (C=O) groups is 1. The zero-order chi connectivity index (χ0) is 11.6. The van der Waals surface area contributed by atoms with Gasteiger partial charge in [0.05, 0.1) is 0 Å². The number of hydrogen-bond donors (Lipinski definition) is 0. The van der Waals surface area contributed by atoms with Gasteiger partial charge in [-0.25, -0.2) is 0 Å². The third-order valence-electron chi connectivity index (χ3n) is 1.67. The lowest BCUT2D eigenvalue weighted by Crippen LogP contribution is -2.24. The number of halogens is 5. The minimum Gasteiger partial charge on any atom is -0.289 e.